The molecule has 2 atom stereocenters. The van der Waals surface area contributed by atoms with Crippen LogP contribution in [0.25, 0.3) is 0 Å². The zero-order chi connectivity index (χ0) is 12.1. The van der Waals surface area contributed by atoms with E-state index in [2.05, 4.69) is 4.98 Å². The van der Waals surface area contributed by atoms with E-state index in [-0.39, 0.29) is 12.1 Å². The number of pyridine rings is 1. The number of nitrogens with two attached hydrogens (primary N) is 1. The topological polar surface area (TPSA) is 48.1 Å². The molecule has 1 saturated carbocycles. The van der Waals surface area contributed by atoms with Gasteiger partial charge in [0.25, 0.3) is 0 Å². The highest BCUT2D eigenvalue weighted by molar-refractivity contribution is 5.13. The van der Waals surface area contributed by atoms with Crippen molar-refractivity contribution in [1.82, 2.24) is 4.98 Å². The van der Waals surface area contributed by atoms with Crippen molar-refractivity contribution in [3.05, 3.63) is 30.1 Å². The first-order valence-corrected chi connectivity index (χ1v) is 6.54. The van der Waals surface area contributed by atoms with Gasteiger partial charge in [-0.2, -0.15) is 0 Å². The van der Waals surface area contributed by atoms with Crippen molar-refractivity contribution in [3.8, 4) is 0 Å². The lowest BCUT2D eigenvalue weighted by molar-refractivity contribution is 0.0243. The summed E-state index contributed by atoms with van der Waals surface area (Å²) in [6.45, 7) is 2.80. The summed E-state index contributed by atoms with van der Waals surface area (Å²) in [4.78, 5) is 4.12. The zero-order valence-corrected chi connectivity index (χ0v) is 10.5. The second-order valence-electron chi connectivity index (χ2n) is 5.02. The van der Waals surface area contributed by atoms with Gasteiger partial charge in [0, 0.05) is 30.6 Å². The summed E-state index contributed by atoms with van der Waals surface area (Å²) >= 11 is 0. The summed E-state index contributed by atoms with van der Waals surface area (Å²) in [5.41, 5.74) is 7.06. The van der Waals surface area contributed by atoms with Gasteiger partial charge in [0.05, 0.1) is 6.10 Å². The molecule has 0 spiro atoms. The molecule has 2 unspecified atom stereocenters. The number of rotatable bonds is 6. The smallest absolute Gasteiger partial charge is 0.0987 e. The van der Waals surface area contributed by atoms with Crippen LogP contribution in [0.3, 0.4) is 0 Å². The first kappa shape index (κ1) is 12.5. The number of nitrogens with zero attached hydrogens (tertiary/aromatic N) is 1. The Morgan fingerprint density at radius 3 is 2.88 bits per heavy atom. The predicted molar refractivity (Wildman–Crippen MR) is 68.5 cm³/mol. The average molecular weight is 234 g/mol. The Balaban J connectivity index is 1.84. The molecule has 0 saturated heterocycles. The Kier molecular flexibility index (Phi) is 4.51. The van der Waals surface area contributed by atoms with Gasteiger partial charge in [-0.1, -0.05) is 25.3 Å². The van der Waals surface area contributed by atoms with E-state index in [0.717, 1.165) is 18.1 Å². The van der Waals surface area contributed by atoms with Gasteiger partial charge in [-0.15, -0.1) is 0 Å². The molecule has 2 N–H and O–H groups in total. The molecule has 0 aromatic carbocycles. The third kappa shape index (κ3) is 3.51. The first-order valence-electron chi connectivity index (χ1n) is 6.54. The summed E-state index contributed by atoms with van der Waals surface area (Å²) in [6.07, 6.45) is 8.91. The molecule has 3 heteroatoms. The molecule has 1 aromatic heterocycles. The molecule has 1 aromatic rings. The highest BCUT2D eigenvalue weighted by Crippen LogP contribution is 2.30. The zero-order valence-electron chi connectivity index (χ0n) is 10.5. The quantitative estimate of drug-likeness (QED) is 0.823. The highest BCUT2D eigenvalue weighted by atomic mass is 16.5. The fourth-order valence-corrected chi connectivity index (χ4v) is 2.24. The van der Waals surface area contributed by atoms with Crippen LogP contribution in [0.4, 0.5) is 0 Å². The van der Waals surface area contributed by atoms with Crippen molar-refractivity contribution < 1.29 is 4.74 Å². The molecule has 0 aliphatic heterocycles. The summed E-state index contributed by atoms with van der Waals surface area (Å²) in [5, 5.41) is 0. The van der Waals surface area contributed by atoms with Crippen LogP contribution in [-0.4, -0.2) is 17.6 Å². The van der Waals surface area contributed by atoms with Crippen molar-refractivity contribution in [2.24, 2.45) is 11.7 Å². The molecule has 1 aliphatic rings. The van der Waals surface area contributed by atoms with Gasteiger partial charge < -0.3 is 10.5 Å². The van der Waals surface area contributed by atoms with E-state index in [0.29, 0.717) is 0 Å². The van der Waals surface area contributed by atoms with E-state index in [9.17, 15) is 0 Å². The first-order chi connectivity index (χ1) is 8.27. The van der Waals surface area contributed by atoms with Crippen LogP contribution in [0.15, 0.2) is 24.5 Å². The normalized spacial score (nSPS) is 19.6. The fourth-order valence-electron chi connectivity index (χ4n) is 2.24. The van der Waals surface area contributed by atoms with Gasteiger partial charge in [-0.05, 0) is 25.3 Å². The molecule has 1 heterocycles. The molecule has 0 amide bonds. The Morgan fingerprint density at radius 2 is 2.35 bits per heavy atom. The lowest BCUT2D eigenvalue weighted by atomic mass is 9.83. The largest absolute Gasteiger partial charge is 0.372 e. The van der Waals surface area contributed by atoms with E-state index in [1.54, 1.807) is 6.20 Å². The van der Waals surface area contributed by atoms with Crippen LogP contribution in [0.2, 0.25) is 0 Å². The van der Waals surface area contributed by atoms with E-state index in [4.69, 9.17) is 10.5 Å². The van der Waals surface area contributed by atoms with Gasteiger partial charge in [0.2, 0.25) is 0 Å². The van der Waals surface area contributed by atoms with Crippen molar-refractivity contribution in [3.63, 3.8) is 0 Å². The van der Waals surface area contributed by atoms with Crippen LogP contribution >= 0.6 is 0 Å². The van der Waals surface area contributed by atoms with Gasteiger partial charge in [0.1, 0.15) is 0 Å². The minimum absolute atomic E-state index is 0.000547. The summed E-state index contributed by atoms with van der Waals surface area (Å²) in [7, 11) is 0. The van der Waals surface area contributed by atoms with Gasteiger partial charge in [-0.3, -0.25) is 4.98 Å². The summed E-state index contributed by atoms with van der Waals surface area (Å²) in [5.74, 6) is 0.887. The van der Waals surface area contributed by atoms with E-state index < -0.39 is 0 Å². The highest BCUT2D eigenvalue weighted by Gasteiger charge is 2.20. The minimum Gasteiger partial charge on any atom is -0.372 e. The van der Waals surface area contributed by atoms with Crippen molar-refractivity contribution in [1.29, 1.82) is 0 Å². The summed E-state index contributed by atoms with van der Waals surface area (Å²) in [6, 6.07) is 3.96. The van der Waals surface area contributed by atoms with Crippen LogP contribution in [-0.2, 0) is 4.74 Å². The molecule has 1 aliphatic carbocycles. The lowest BCUT2D eigenvalue weighted by Crippen LogP contribution is -2.28. The SMILES string of the molecule is CC(N)C(OCCC1CCC1)c1cccnc1. The standard InChI is InChI=1S/C14H22N2O/c1-11(15)14(13-6-3-8-16-10-13)17-9-7-12-4-2-5-12/h3,6,8,10-12,14H,2,4-5,7,9,15H2,1H3. The Labute approximate surface area is 103 Å². The van der Waals surface area contributed by atoms with Crippen molar-refractivity contribution in [2.75, 3.05) is 6.61 Å². The van der Waals surface area contributed by atoms with Crippen LogP contribution in [0, 0.1) is 5.92 Å². The van der Waals surface area contributed by atoms with Crippen molar-refractivity contribution in [2.45, 2.75) is 44.8 Å². The molecule has 17 heavy (non-hydrogen) atoms. The van der Waals surface area contributed by atoms with Crippen LogP contribution in [0.1, 0.15) is 44.3 Å². The molecular weight excluding hydrogens is 212 g/mol. The second-order valence-corrected chi connectivity index (χ2v) is 5.02. The maximum atomic E-state index is 5.98. The maximum Gasteiger partial charge on any atom is 0.0987 e. The lowest BCUT2D eigenvalue weighted by Gasteiger charge is -2.27. The van der Waals surface area contributed by atoms with Gasteiger partial charge in [0.15, 0.2) is 0 Å². The molecule has 2 rings (SSSR count). The number of ether oxygens (including phenoxy) is 1. The van der Waals surface area contributed by atoms with Crippen LogP contribution < -0.4 is 5.73 Å². The van der Waals surface area contributed by atoms with Gasteiger partial charge in [-0.25, -0.2) is 0 Å². The minimum atomic E-state index is -0.0243. The second kappa shape index (κ2) is 6.12. The third-order valence-electron chi connectivity index (χ3n) is 3.54. The molecule has 0 radical (unpaired) electrons. The molecular formula is C14H22N2O. The monoisotopic (exact) mass is 234 g/mol. The summed E-state index contributed by atoms with van der Waals surface area (Å²) < 4.78 is 5.93. The molecule has 3 nitrogen and oxygen atoms in total. The van der Waals surface area contributed by atoms with E-state index in [1.165, 1.54) is 25.7 Å². The maximum absolute atomic E-state index is 5.98. The number of hydrogen-bond acceptors (Lipinski definition) is 3. The Hall–Kier alpha value is -0.930. The molecule has 0 bridgehead atoms. The predicted octanol–water partition coefficient (Wildman–Crippen LogP) is 2.68. The van der Waals surface area contributed by atoms with Crippen LogP contribution in [0.5, 0.6) is 0 Å². The Morgan fingerprint density at radius 1 is 1.53 bits per heavy atom. The number of aromatic nitrogens is 1. The third-order valence-corrected chi connectivity index (χ3v) is 3.54. The fraction of sp³-hybridized carbons (Fsp3) is 0.643. The molecule has 1 fully saturated rings. The average Bonchev–Trinajstić information content (AvgIpc) is 2.27. The van der Waals surface area contributed by atoms with Crippen molar-refractivity contribution >= 4 is 0 Å². The Bertz CT molecular complexity index is 322. The van der Waals surface area contributed by atoms with E-state index >= 15 is 0 Å². The van der Waals surface area contributed by atoms with E-state index in [1.807, 2.05) is 25.3 Å². The molecule has 94 valence electrons. The van der Waals surface area contributed by atoms with Gasteiger partial charge >= 0.3 is 0 Å². The number of hydrogen-bond donors (Lipinski definition) is 1.